The number of ether oxygens (including phenoxy) is 1. The van der Waals surface area contributed by atoms with Gasteiger partial charge < -0.3 is 4.74 Å². The zero-order chi connectivity index (χ0) is 14.8. The van der Waals surface area contributed by atoms with Crippen LogP contribution in [0.15, 0.2) is 51.8 Å². The van der Waals surface area contributed by atoms with Gasteiger partial charge in [0.25, 0.3) is 0 Å². The Hall–Kier alpha value is -1.08. The van der Waals surface area contributed by atoms with Gasteiger partial charge in [-0.1, -0.05) is 29.8 Å². The Bertz CT molecular complexity index is 734. The molecule has 0 radical (unpaired) electrons. The van der Waals surface area contributed by atoms with Gasteiger partial charge in [-0.3, -0.25) is 0 Å². The van der Waals surface area contributed by atoms with Crippen molar-refractivity contribution in [2.24, 2.45) is 5.14 Å². The van der Waals surface area contributed by atoms with Crippen LogP contribution in [0.1, 0.15) is 5.56 Å². The van der Waals surface area contributed by atoms with E-state index in [0.717, 1.165) is 5.56 Å². The second-order valence-corrected chi connectivity index (χ2v) is 6.84. The summed E-state index contributed by atoms with van der Waals surface area (Å²) in [6, 6.07) is 11.7. The number of halogens is 2. The molecule has 0 aromatic heterocycles. The fourth-order valence-corrected chi connectivity index (χ4v) is 2.92. The monoisotopic (exact) mass is 375 g/mol. The van der Waals surface area contributed by atoms with Crippen molar-refractivity contribution in [3.8, 4) is 5.75 Å². The number of primary sulfonamides is 1. The average molecular weight is 377 g/mol. The Labute approximate surface area is 130 Å². The third-order valence-electron chi connectivity index (χ3n) is 2.57. The first kappa shape index (κ1) is 15.3. The van der Waals surface area contributed by atoms with Crippen LogP contribution in [0.4, 0.5) is 0 Å². The maximum absolute atomic E-state index is 11.2. The van der Waals surface area contributed by atoms with Gasteiger partial charge in [0.1, 0.15) is 12.4 Å². The Morgan fingerprint density at radius 1 is 1.20 bits per heavy atom. The summed E-state index contributed by atoms with van der Waals surface area (Å²) < 4.78 is 28.6. The Balaban J connectivity index is 2.17. The normalized spacial score (nSPS) is 11.3. The lowest BCUT2D eigenvalue weighted by molar-refractivity contribution is 0.304. The van der Waals surface area contributed by atoms with Gasteiger partial charge in [0.2, 0.25) is 10.0 Å². The number of rotatable bonds is 4. The van der Waals surface area contributed by atoms with Gasteiger partial charge in [0.15, 0.2) is 0 Å². The fraction of sp³-hybridized carbons (Fsp3) is 0.0769. The Kier molecular flexibility index (Phi) is 4.70. The van der Waals surface area contributed by atoms with Gasteiger partial charge in [0, 0.05) is 10.6 Å². The van der Waals surface area contributed by atoms with Crippen LogP contribution in [0.3, 0.4) is 0 Å². The molecule has 2 aromatic carbocycles. The van der Waals surface area contributed by atoms with E-state index in [0.29, 0.717) is 15.2 Å². The fourth-order valence-electron chi connectivity index (χ4n) is 1.55. The molecule has 106 valence electrons. The van der Waals surface area contributed by atoms with E-state index in [1.807, 2.05) is 18.2 Å². The van der Waals surface area contributed by atoms with Crippen LogP contribution in [-0.2, 0) is 16.6 Å². The van der Waals surface area contributed by atoms with Crippen LogP contribution in [0.5, 0.6) is 5.75 Å². The first-order chi connectivity index (χ1) is 9.38. The van der Waals surface area contributed by atoms with Crippen molar-refractivity contribution < 1.29 is 13.2 Å². The lowest BCUT2D eigenvalue weighted by Crippen LogP contribution is -2.12. The second-order valence-electron chi connectivity index (χ2n) is 4.02. The minimum atomic E-state index is -3.72. The third kappa shape index (κ3) is 3.73. The summed E-state index contributed by atoms with van der Waals surface area (Å²) in [6.07, 6.45) is 0. The first-order valence-corrected chi connectivity index (χ1v) is 8.28. The van der Waals surface area contributed by atoms with E-state index in [4.69, 9.17) is 21.5 Å². The van der Waals surface area contributed by atoms with E-state index in [2.05, 4.69) is 15.9 Å². The molecule has 0 aliphatic heterocycles. The molecular weight excluding hydrogens is 366 g/mol. The van der Waals surface area contributed by atoms with Gasteiger partial charge in [-0.25, -0.2) is 13.6 Å². The number of hydrogen-bond donors (Lipinski definition) is 1. The lowest BCUT2D eigenvalue weighted by atomic mass is 10.2. The summed E-state index contributed by atoms with van der Waals surface area (Å²) >= 11 is 9.28. The number of sulfonamides is 1. The summed E-state index contributed by atoms with van der Waals surface area (Å²) in [5, 5.41) is 5.67. The molecule has 20 heavy (non-hydrogen) atoms. The molecule has 2 aromatic rings. The number of benzene rings is 2. The van der Waals surface area contributed by atoms with Gasteiger partial charge >= 0.3 is 0 Å². The molecular formula is C13H11BrClNO3S. The van der Waals surface area contributed by atoms with Gasteiger partial charge in [-0.05, 0) is 40.2 Å². The smallest absolute Gasteiger partial charge is 0.238 e. The number of nitrogens with two attached hydrogens (primary N) is 1. The predicted octanol–water partition coefficient (Wildman–Crippen LogP) is 3.33. The first-order valence-electron chi connectivity index (χ1n) is 5.56. The molecule has 0 bridgehead atoms. The van der Waals surface area contributed by atoms with E-state index in [1.54, 1.807) is 12.1 Å². The molecule has 0 spiro atoms. The molecule has 0 aliphatic carbocycles. The molecule has 2 N–H and O–H groups in total. The predicted molar refractivity (Wildman–Crippen MR) is 81.3 cm³/mol. The van der Waals surface area contributed by atoms with E-state index in [-0.39, 0.29) is 11.5 Å². The molecule has 0 fully saturated rings. The van der Waals surface area contributed by atoms with Crippen molar-refractivity contribution in [2.45, 2.75) is 11.5 Å². The molecule has 0 saturated carbocycles. The molecule has 7 heteroatoms. The summed E-state index contributed by atoms with van der Waals surface area (Å²) in [5.41, 5.74) is 0.844. The van der Waals surface area contributed by atoms with Crippen molar-refractivity contribution in [3.05, 3.63) is 57.5 Å². The maximum atomic E-state index is 11.2. The van der Waals surface area contributed by atoms with E-state index in [9.17, 15) is 8.42 Å². The highest BCUT2D eigenvalue weighted by atomic mass is 79.9. The minimum absolute atomic E-state index is 0.0227. The molecule has 0 unspecified atom stereocenters. The second kappa shape index (κ2) is 6.13. The molecule has 0 amide bonds. The number of hydrogen-bond acceptors (Lipinski definition) is 3. The van der Waals surface area contributed by atoms with Crippen LogP contribution in [0.25, 0.3) is 0 Å². The lowest BCUT2D eigenvalue weighted by Gasteiger charge is -2.10. The summed E-state index contributed by atoms with van der Waals surface area (Å²) in [6.45, 7) is 0.285. The summed E-state index contributed by atoms with van der Waals surface area (Å²) in [5.74, 6) is 0.511. The zero-order valence-corrected chi connectivity index (χ0v) is 13.4. The molecule has 0 aliphatic rings. The van der Waals surface area contributed by atoms with Gasteiger partial charge in [-0.2, -0.15) is 0 Å². The van der Waals surface area contributed by atoms with Crippen molar-refractivity contribution in [1.29, 1.82) is 0 Å². The van der Waals surface area contributed by atoms with Crippen LogP contribution in [-0.4, -0.2) is 8.42 Å². The Morgan fingerprint density at radius 2 is 1.90 bits per heavy atom. The van der Waals surface area contributed by atoms with Crippen LogP contribution in [0, 0.1) is 0 Å². The standard InChI is InChI=1S/C13H11BrClNO3S/c14-11-7-10(20(16,17)18)5-6-13(11)19-8-9-3-1-2-4-12(9)15/h1-7H,8H2,(H2,16,17,18). The summed E-state index contributed by atoms with van der Waals surface area (Å²) in [4.78, 5) is 0.0227. The minimum Gasteiger partial charge on any atom is -0.488 e. The molecule has 0 saturated heterocycles. The van der Waals surface area contributed by atoms with Gasteiger partial charge in [-0.15, -0.1) is 0 Å². The highest BCUT2D eigenvalue weighted by Crippen LogP contribution is 2.28. The SMILES string of the molecule is NS(=O)(=O)c1ccc(OCc2ccccc2Cl)c(Br)c1. The maximum Gasteiger partial charge on any atom is 0.238 e. The van der Waals surface area contributed by atoms with Crippen molar-refractivity contribution in [1.82, 2.24) is 0 Å². The largest absolute Gasteiger partial charge is 0.488 e. The average Bonchev–Trinajstić information content (AvgIpc) is 2.38. The molecule has 4 nitrogen and oxygen atoms in total. The van der Waals surface area contributed by atoms with Crippen LogP contribution < -0.4 is 9.88 Å². The van der Waals surface area contributed by atoms with Crippen molar-refractivity contribution in [3.63, 3.8) is 0 Å². The van der Waals surface area contributed by atoms with Crippen molar-refractivity contribution in [2.75, 3.05) is 0 Å². The highest BCUT2D eigenvalue weighted by Gasteiger charge is 2.11. The van der Waals surface area contributed by atoms with Crippen LogP contribution >= 0.6 is 27.5 Å². The third-order valence-corrected chi connectivity index (χ3v) is 4.47. The highest BCUT2D eigenvalue weighted by molar-refractivity contribution is 9.10. The van der Waals surface area contributed by atoms with Crippen LogP contribution in [0.2, 0.25) is 5.02 Å². The molecule has 0 heterocycles. The zero-order valence-electron chi connectivity index (χ0n) is 10.2. The van der Waals surface area contributed by atoms with Gasteiger partial charge in [0.05, 0.1) is 9.37 Å². The molecule has 0 atom stereocenters. The summed E-state index contributed by atoms with van der Waals surface area (Å²) in [7, 11) is -3.72. The van der Waals surface area contributed by atoms with Crippen molar-refractivity contribution >= 4 is 37.6 Å². The van der Waals surface area contributed by atoms with E-state index >= 15 is 0 Å². The quantitative estimate of drug-likeness (QED) is 0.890. The molecule has 2 rings (SSSR count). The Morgan fingerprint density at radius 3 is 2.50 bits per heavy atom. The van der Waals surface area contributed by atoms with E-state index in [1.165, 1.54) is 12.1 Å². The van der Waals surface area contributed by atoms with E-state index < -0.39 is 10.0 Å². The topological polar surface area (TPSA) is 69.4 Å².